The fraction of sp³-hybridized carbons (Fsp3) is 0.158. The number of benzene rings is 2. The lowest BCUT2D eigenvalue weighted by atomic mass is 10.1. The van der Waals surface area contributed by atoms with Gasteiger partial charge in [0.2, 0.25) is 5.91 Å². The van der Waals surface area contributed by atoms with Gasteiger partial charge in [-0.05, 0) is 49.4 Å². The average molecular weight is 384 g/mol. The second-order valence-electron chi connectivity index (χ2n) is 5.74. The molecular formula is C19H20N4O5. The van der Waals surface area contributed by atoms with E-state index in [0.717, 1.165) is 0 Å². The Morgan fingerprint density at radius 2 is 1.54 bits per heavy atom. The standard InChI is InChI=1S/C19H20N4O5/c1-11(13-4-9-16(25)17(10-13)28-3)22-23-19(27)18(26)21-15-7-5-14(6-8-15)20-12(2)24/h4-10,25H,1-3H3,(H,20,24)(H,21,26)(H,23,27)/b22-11+. The quantitative estimate of drug-likeness (QED) is 0.355. The Morgan fingerprint density at radius 1 is 0.929 bits per heavy atom. The predicted molar refractivity (Wildman–Crippen MR) is 104 cm³/mol. The maximum absolute atomic E-state index is 12.0. The van der Waals surface area contributed by atoms with Crippen LogP contribution in [0.1, 0.15) is 19.4 Å². The molecule has 0 aliphatic heterocycles. The molecule has 0 aromatic heterocycles. The maximum atomic E-state index is 12.0. The minimum Gasteiger partial charge on any atom is -0.504 e. The number of phenols is 1. The molecule has 4 N–H and O–H groups in total. The molecule has 0 bridgehead atoms. The second kappa shape index (κ2) is 9.17. The molecule has 2 aromatic carbocycles. The number of aromatic hydroxyl groups is 1. The van der Waals surface area contributed by atoms with Gasteiger partial charge in [-0.15, -0.1) is 0 Å². The highest BCUT2D eigenvalue weighted by Crippen LogP contribution is 2.26. The number of hydrogen-bond acceptors (Lipinski definition) is 6. The smallest absolute Gasteiger partial charge is 0.329 e. The largest absolute Gasteiger partial charge is 0.504 e. The molecule has 146 valence electrons. The fourth-order valence-electron chi connectivity index (χ4n) is 2.18. The van der Waals surface area contributed by atoms with Crippen LogP contribution in [0.15, 0.2) is 47.6 Å². The van der Waals surface area contributed by atoms with Crippen LogP contribution < -0.4 is 20.8 Å². The normalized spacial score (nSPS) is 10.8. The number of anilines is 2. The van der Waals surface area contributed by atoms with Crippen LogP contribution in [0.3, 0.4) is 0 Å². The number of hydrazone groups is 1. The summed E-state index contributed by atoms with van der Waals surface area (Å²) in [5.41, 5.74) is 4.14. The number of nitrogens with one attached hydrogen (secondary N) is 3. The van der Waals surface area contributed by atoms with E-state index in [2.05, 4.69) is 21.2 Å². The summed E-state index contributed by atoms with van der Waals surface area (Å²) in [5, 5.41) is 18.5. The third-order valence-corrected chi connectivity index (χ3v) is 3.59. The van der Waals surface area contributed by atoms with E-state index in [1.54, 1.807) is 43.3 Å². The van der Waals surface area contributed by atoms with Gasteiger partial charge < -0.3 is 20.5 Å². The number of amides is 3. The maximum Gasteiger partial charge on any atom is 0.329 e. The molecule has 0 heterocycles. The Kier molecular flexibility index (Phi) is 6.69. The van der Waals surface area contributed by atoms with Gasteiger partial charge in [0.15, 0.2) is 11.5 Å². The van der Waals surface area contributed by atoms with Crippen molar-refractivity contribution in [2.75, 3.05) is 17.7 Å². The van der Waals surface area contributed by atoms with Gasteiger partial charge in [0.05, 0.1) is 12.8 Å². The molecule has 0 spiro atoms. The van der Waals surface area contributed by atoms with E-state index in [0.29, 0.717) is 22.6 Å². The van der Waals surface area contributed by atoms with Crippen molar-refractivity contribution in [3.63, 3.8) is 0 Å². The molecule has 0 aliphatic carbocycles. The number of carbonyl (C=O) groups excluding carboxylic acids is 3. The van der Waals surface area contributed by atoms with E-state index in [4.69, 9.17) is 4.74 Å². The van der Waals surface area contributed by atoms with Gasteiger partial charge in [-0.2, -0.15) is 5.10 Å². The van der Waals surface area contributed by atoms with Gasteiger partial charge >= 0.3 is 11.8 Å². The summed E-state index contributed by atoms with van der Waals surface area (Å²) in [6.45, 7) is 3.02. The molecule has 0 fully saturated rings. The Morgan fingerprint density at radius 3 is 2.11 bits per heavy atom. The van der Waals surface area contributed by atoms with Gasteiger partial charge in [-0.25, -0.2) is 5.43 Å². The van der Waals surface area contributed by atoms with Crippen LogP contribution in [-0.2, 0) is 14.4 Å². The molecule has 0 saturated heterocycles. The van der Waals surface area contributed by atoms with Crippen molar-refractivity contribution < 1.29 is 24.2 Å². The minimum absolute atomic E-state index is 0.0213. The molecule has 0 atom stereocenters. The lowest BCUT2D eigenvalue weighted by Crippen LogP contribution is -2.32. The van der Waals surface area contributed by atoms with Crippen molar-refractivity contribution in [1.29, 1.82) is 0 Å². The Labute approximate surface area is 161 Å². The van der Waals surface area contributed by atoms with Gasteiger partial charge in [-0.1, -0.05) is 0 Å². The van der Waals surface area contributed by atoms with Crippen molar-refractivity contribution in [3.05, 3.63) is 48.0 Å². The van der Waals surface area contributed by atoms with E-state index in [9.17, 15) is 19.5 Å². The molecule has 3 amide bonds. The first kappa shape index (κ1) is 20.4. The number of carbonyl (C=O) groups is 3. The van der Waals surface area contributed by atoms with Crippen molar-refractivity contribution in [3.8, 4) is 11.5 Å². The number of hydrogen-bond donors (Lipinski definition) is 4. The van der Waals surface area contributed by atoms with E-state index >= 15 is 0 Å². The molecule has 9 nitrogen and oxygen atoms in total. The van der Waals surface area contributed by atoms with E-state index in [1.807, 2.05) is 0 Å². The van der Waals surface area contributed by atoms with Gasteiger partial charge in [-0.3, -0.25) is 14.4 Å². The molecule has 2 aromatic rings. The van der Waals surface area contributed by atoms with E-state index in [-0.39, 0.29) is 17.4 Å². The molecule has 2 rings (SSSR count). The molecule has 0 radical (unpaired) electrons. The topological polar surface area (TPSA) is 129 Å². The molecule has 0 saturated carbocycles. The summed E-state index contributed by atoms with van der Waals surface area (Å²) in [6, 6.07) is 10.9. The summed E-state index contributed by atoms with van der Waals surface area (Å²) in [6.07, 6.45) is 0. The number of ether oxygens (including phenoxy) is 1. The molecule has 28 heavy (non-hydrogen) atoms. The summed E-state index contributed by atoms with van der Waals surface area (Å²) in [5.74, 6) is -1.82. The van der Waals surface area contributed by atoms with Crippen molar-refractivity contribution in [2.45, 2.75) is 13.8 Å². The van der Waals surface area contributed by atoms with Crippen LogP contribution in [-0.4, -0.2) is 35.6 Å². The van der Waals surface area contributed by atoms with E-state index in [1.165, 1.54) is 20.1 Å². The van der Waals surface area contributed by atoms with Crippen LogP contribution in [0.4, 0.5) is 11.4 Å². The zero-order valence-electron chi connectivity index (χ0n) is 15.6. The monoisotopic (exact) mass is 384 g/mol. The highest BCUT2D eigenvalue weighted by atomic mass is 16.5. The molecule has 9 heteroatoms. The summed E-state index contributed by atoms with van der Waals surface area (Å²) >= 11 is 0. The third-order valence-electron chi connectivity index (χ3n) is 3.59. The van der Waals surface area contributed by atoms with Crippen molar-refractivity contribution >= 4 is 34.8 Å². The van der Waals surface area contributed by atoms with E-state index < -0.39 is 11.8 Å². The molecule has 0 unspecified atom stereocenters. The SMILES string of the molecule is COc1cc(/C(C)=N/NC(=O)C(=O)Nc2ccc(NC(C)=O)cc2)ccc1O. The first-order valence-corrected chi connectivity index (χ1v) is 8.20. The fourth-order valence-corrected chi connectivity index (χ4v) is 2.18. The first-order chi connectivity index (χ1) is 13.3. The Balaban J connectivity index is 1.97. The van der Waals surface area contributed by atoms with Crippen LogP contribution in [0.2, 0.25) is 0 Å². The van der Waals surface area contributed by atoms with Gasteiger partial charge in [0, 0.05) is 23.9 Å². The number of phenolic OH excluding ortho intramolecular Hbond substituents is 1. The lowest BCUT2D eigenvalue weighted by Gasteiger charge is -2.08. The number of rotatable bonds is 5. The van der Waals surface area contributed by atoms with Crippen molar-refractivity contribution in [1.82, 2.24) is 5.43 Å². The van der Waals surface area contributed by atoms with Gasteiger partial charge in [0.25, 0.3) is 0 Å². The second-order valence-corrected chi connectivity index (χ2v) is 5.74. The highest BCUT2D eigenvalue weighted by Gasteiger charge is 2.14. The summed E-state index contributed by atoms with van der Waals surface area (Å²) in [7, 11) is 1.42. The summed E-state index contributed by atoms with van der Waals surface area (Å²) in [4.78, 5) is 34.9. The first-order valence-electron chi connectivity index (χ1n) is 8.20. The van der Waals surface area contributed by atoms with Crippen molar-refractivity contribution in [2.24, 2.45) is 5.10 Å². The zero-order valence-corrected chi connectivity index (χ0v) is 15.6. The minimum atomic E-state index is -0.948. The predicted octanol–water partition coefficient (Wildman–Crippen LogP) is 1.84. The van der Waals surface area contributed by atoms with Crippen LogP contribution >= 0.6 is 0 Å². The average Bonchev–Trinajstić information content (AvgIpc) is 2.67. The summed E-state index contributed by atoms with van der Waals surface area (Å²) < 4.78 is 5.02. The molecular weight excluding hydrogens is 364 g/mol. The Hall–Kier alpha value is -3.88. The Bertz CT molecular complexity index is 922. The third kappa shape index (κ3) is 5.56. The van der Waals surface area contributed by atoms with Crippen LogP contribution in [0.5, 0.6) is 11.5 Å². The number of nitrogens with zero attached hydrogens (tertiary/aromatic N) is 1. The van der Waals surface area contributed by atoms with Crippen LogP contribution in [0, 0.1) is 0 Å². The zero-order chi connectivity index (χ0) is 20.7. The van der Waals surface area contributed by atoms with Gasteiger partial charge in [0.1, 0.15) is 0 Å². The molecule has 0 aliphatic rings. The lowest BCUT2D eigenvalue weighted by molar-refractivity contribution is -0.136. The number of methoxy groups -OCH3 is 1. The highest BCUT2D eigenvalue weighted by molar-refractivity contribution is 6.39. The van der Waals surface area contributed by atoms with Crippen LogP contribution in [0.25, 0.3) is 0 Å².